The van der Waals surface area contributed by atoms with Crippen LogP contribution in [0.5, 0.6) is 0 Å². The molecule has 0 saturated carbocycles. The summed E-state index contributed by atoms with van der Waals surface area (Å²) in [6.45, 7) is 8.17. The van der Waals surface area contributed by atoms with Gasteiger partial charge < -0.3 is 10.1 Å². The third-order valence-electron chi connectivity index (χ3n) is 3.20. The van der Waals surface area contributed by atoms with Crippen molar-refractivity contribution < 1.29 is 4.74 Å². The molecule has 104 valence electrons. The molecule has 4 heteroatoms. The van der Waals surface area contributed by atoms with E-state index in [1.165, 1.54) is 5.56 Å². The highest BCUT2D eigenvalue weighted by molar-refractivity contribution is 5.04. The monoisotopic (exact) mass is 253 g/mol. The van der Waals surface area contributed by atoms with Crippen LogP contribution in [0.4, 0.5) is 0 Å². The average molecular weight is 253 g/mol. The second-order valence-electron chi connectivity index (χ2n) is 4.63. The Hall–Kier alpha value is -0.870. The van der Waals surface area contributed by atoms with Crippen LogP contribution in [-0.4, -0.2) is 35.1 Å². The summed E-state index contributed by atoms with van der Waals surface area (Å²) in [5.74, 6) is 0. The lowest BCUT2D eigenvalue weighted by Crippen LogP contribution is -2.41. The van der Waals surface area contributed by atoms with Crippen LogP contribution in [0, 0.1) is 0 Å². The van der Waals surface area contributed by atoms with Crippen molar-refractivity contribution in [2.75, 3.05) is 13.2 Å². The standard InChI is InChI=1S/C14H27N3O/c1-5-14(18-7-3)13(15-6-2)9-8-12-10-16-17(4)11-12/h10-11,13-15H,5-9H2,1-4H3. The van der Waals surface area contributed by atoms with Gasteiger partial charge in [-0.25, -0.2) is 0 Å². The molecule has 0 saturated heterocycles. The van der Waals surface area contributed by atoms with Crippen LogP contribution >= 0.6 is 0 Å². The van der Waals surface area contributed by atoms with Crippen molar-refractivity contribution in [2.45, 2.75) is 52.2 Å². The lowest BCUT2D eigenvalue weighted by Gasteiger charge is -2.26. The predicted octanol–water partition coefficient (Wildman–Crippen LogP) is 2.15. The van der Waals surface area contributed by atoms with Gasteiger partial charge in [0.2, 0.25) is 0 Å². The fourth-order valence-electron chi connectivity index (χ4n) is 2.34. The van der Waals surface area contributed by atoms with E-state index in [9.17, 15) is 0 Å². The molecule has 0 aromatic carbocycles. The van der Waals surface area contributed by atoms with E-state index in [0.717, 1.165) is 32.4 Å². The van der Waals surface area contributed by atoms with Gasteiger partial charge in [0.15, 0.2) is 0 Å². The first-order valence-electron chi connectivity index (χ1n) is 7.03. The van der Waals surface area contributed by atoms with Gasteiger partial charge in [0.05, 0.1) is 12.3 Å². The van der Waals surface area contributed by atoms with Crippen molar-refractivity contribution in [3.63, 3.8) is 0 Å². The molecule has 2 unspecified atom stereocenters. The third-order valence-corrected chi connectivity index (χ3v) is 3.20. The Morgan fingerprint density at radius 3 is 2.67 bits per heavy atom. The van der Waals surface area contributed by atoms with Crippen molar-refractivity contribution in [2.24, 2.45) is 7.05 Å². The molecule has 0 radical (unpaired) electrons. The van der Waals surface area contributed by atoms with Crippen LogP contribution in [0.3, 0.4) is 0 Å². The lowest BCUT2D eigenvalue weighted by atomic mass is 10.0. The molecule has 1 N–H and O–H groups in total. The minimum Gasteiger partial charge on any atom is -0.377 e. The van der Waals surface area contributed by atoms with Crippen LogP contribution < -0.4 is 5.32 Å². The van der Waals surface area contributed by atoms with E-state index in [-0.39, 0.29) is 0 Å². The first kappa shape index (κ1) is 15.2. The molecular weight excluding hydrogens is 226 g/mol. The number of aromatic nitrogens is 2. The normalized spacial score (nSPS) is 14.7. The summed E-state index contributed by atoms with van der Waals surface area (Å²) in [7, 11) is 1.96. The van der Waals surface area contributed by atoms with Crippen molar-refractivity contribution >= 4 is 0 Å². The van der Waals surface area contributed by atoms with Crippen molar-refractivity contribution in [3.8, 4) is 0 Å². The van der Waals surface area contributed by atoms with Gasteiger partial charge in [-0.2, -0.15) is 5.10 Å². The Kier molecular flexibility index (Phi) is 6.98. The maximum atomic E-state index is 5.82. The van der Waals surface area contributed by atoms with Gasteiger partial charge in [-0.3, -0.25) is 4.68 Å². The van der Waals surface area contributed by atoms with Gasteiger partial charge in [-0.15, -0.1) is 0 Å². The van der Waals surface area contributed by atoms with E-state index in [0.29, 0.717) is 12.1 Å². The van der Waals surface area contributed by atoms with E-state index in [4.69, 9.17) is 4.74 Å². The zero-order valence-electron chi connectivity index (χ0n) is 12.1. The molecule has 4 nitrogen and oxygen atoms in total. The molecule has 1 heterocycles. The van der Waals surface area contributed by atoms with Gasteiger partial charge >= 0.3 is 0 Å². The highest BCUT2D eigenvalue weighted by Crippen LogP contribution is 2.12. The number of hydrogen-bond acceptors (Lipinski definition) is 3. The van der Waals surface area contributed by atoms with Crippen LogP contribution in [-0.2, 0) is 18.2 Å². The van der Waals surface area contributed by atoms with Crippen LogP contribution in [0.15, 0.2) is 12.4 Å². The molecule has 0 aliphatic carbocycles. The van der Waals surface area contributed by atoms with Gasteiger partial charge in [0, 0.05) is 25.9 Å². The number of nitrogens with zero attached hydrogens (tertiary/aromatic N) is 2. The largest absolute Gasteiger partial charge is 0.377 e. The minimum atomic E-state index is 0.312. The zero-order chi connectivity index (χ0) is 13.4. The highest BCUT2D eigenvalue weighted by atomic mass is 16.5. The molecule has 2 atom stereocenters. The third kappa shape index (κ3) is 4.78. The second kappa shape index (κ2) is 8.27. The lowest BCUT2D eigenvalue weighted by molar-refractivity contribution is 0.0301. The molecule has 0 aliphatic heterocycles. The molecule has 1 rings (SSSR count). The van der Waals surface area contributed by atoms with E-state index in [1.807, 2.05) is 17.9 Å². The summed E-state index contributed by atoms with van der Waals surface area (Å²) in [4.78, 5) is 0. The molecule has 1 aromatic heterocycles. The Morgan fingerprint density at radius 1 is 1.39 bits per heavy atom. The van der Waals surface area contributed by atoms with Gasteiger partial charge in [0.1, 0.15) is 0 Å². The van der Waals surface area contributed by atoms with Crippen LogP contribution in [0.25, 0.3) is 0 Å². The SMILES string of the molecule is CCNC(CCc1cnn(C)c1)C(CC)OCC. The topological polar surface area (TPSA) is 39.1 Å². The number of nitrogens with one attached hydrogen (secondary N) is 1. The summed E-state index contributed by atoms with van der Waals surface area (Å²) in [6.07, 6.45) is 7.55. The summed E-state index contributed by atoms with van der Waals surface area (Å²) >= 11 is 0. The Morgan fingerprint density at radius 2 is 2.17 bits per heavy atom. The number of rotatable bonds is 9. The smallest absolute Gasteiger partial charge is 0.0725 e. The molecule has 0 aliphatic rings. The fourth-order valence-corrected chi connectivity index (χ4v) is 2.34. The molecular formula is C14H27N3O. The predicted molar refractivity (Wildman–Crippen MR) is 74.7 cm³/mol. The van der Waals surface area contributed by atoms with E-state index in [1.54, 1.807) is 0 Å². The number of ether oxygens (including phenoxy) is 1. The van der Waals surface area contributed by atoms with Crippen molar-refractivity contribution in [3.05, 3.63) is 18.0 Å². The van der Waals surface area contributed by atoms with Gasteiger partial charge in [-0.1, -0.05) is 13.8 Å². The number of hydrogen-bond donors (Lipinski definition) is 1. The number of aryl methyl sites for hydroxylation is 2. The maximum absolute atomic E-state index is 5.82. The molecule has 0 fully saturated rings. The molecule has 1 aromatic rings. The Labute approximate surface area is 111 Å². The highest BCUT2D eigenvalue weighted by Gasteiger charge is 2.19. The molecule has 18 heavy (non-hydrogen) atoms. The summed E-state index contributed by atoms with van der Waals surface area (Å²) in [5.41, 5.74) is 1.30. The molecule has 0 spiro atoms. The average Bonchev–Trinajstić information content (AvgIpc) is 2.78. The number of likely N-dealkylation sites (N-methyl/N-ethyl adjacent to an activating group) is 1. The van der Waals surface area contributed by atoms with Crippen molar-refractivity contribution in [1.29, 1.82) is 0 Å². The van der Waals surface area contributed by atoms with Gasteiger partial charge in [-0.05, 0) is 38.3 Å². The maximum Gasteiger partial charge on any atom is 0.0725 e. The summed E-state index contributed by atoms with van der Waals surface area (Å²) in [5, 5.41) is 7.75. The quantitative estimate of drug-likeness (QED) is 0.733. The second-order valence-corrected chi connectivity index (χ2v) is 4.63. The summed E-state index contributed by atoms with van der Waals surface area (Å²) < 4.78 is 7.67. The van der Waals surface area contributed by atoms with Crippen LogP contribution in [0.1, 0.15) is 39.2 Å². The molecule has 0 amide bonds. The van der Waals surface area contributed by atoms with E-state index >= 15 is 0 Å². The first-order valence-corrected chi connectivity index (χ1v) is 7.03. The zero-order valence-corrected chi connectivity index (χ0v) is 12.1. The van der Waals surface area contributed by atoms with Crippen LogP contribution in [0.2, 0.25) is 0 Å². The van der Waals surface area contributed by atoms with Crippen molar-refractivity contribution in [1.82, 2.24) is 15.1 Å². The minimum absolute atomic E-state index is 0.312. The fraction of sp³-hybridized carbons (Fsp3) is 0.786. The molecule has 0 bridgehead atoms. The Bertz CT molecular complexity index is 325. The summed E-state index contributed by atoms with van der Waals surface area (Å²) in [6, 6.07) is 0.431. The first-order chi connectivity index (χ1) is 8.71. The Balaban J connectivity index is 2.50. The van der Waals surface area contributed by atoms with E-state index in [2.05, 4.69) is 37.4 Å². The van der Waals surface area contributed by atoms with Gasteiger partial charge in [0.25, 0.3) is 0 Å². The van der Waals surface area contributed by atoms with E-state index < -0.39 is 0 Å².